The molecule has 1 N–H and O–H groups in total. The van der Waals surface area contributed by atoms with Crippen molar-refractivity contribution in [3.8, 4) is 11.3 Å². The highest BCUT2D eigenvalue weighted by Crippen LogP contribution is 2.24. The summed E-state index contributed by atoms with van der Waals surface area (Å²) in [6, 6.07) is 19.3. The topological polar surface area (TPSA) is 54.4 Å². The lowest BCUT2D eigenvalue weighted by Crippen LogP contribution is -2.19. The van der Waals surface area contributed by atoms with Crippen molar-refractivity contribution in [3.05, 3.63) is 66.2 Å². The van der Waals surface area contributed by atoms with Gasteiger partial charge in [0, 0.05) is 16.7 Å². The van der Waals surface area contributed by atoms with E-state index in [-0.39, 0.29) is 5.91 Å². The van der Waals surface area contributed by atoms with E-state index in [2.05, 4.69) is 15.5 Å². The molecule has 1 amide bonds. The number of para-hydroxylation sites is 1. The Morgan fingerprint density at radius 1 is 1.00 bits per heavy atom. The highest BCUT2D eigenvalue weighted by atomic mass is 16.2. The van der Waals surface area contributed by atoms with Crippen molar-refractivity contribution in [2.75, 3.05) is 0 Å². The Hall–Kier alpha value is -3.01. The van der Waals surface area contributed by atoms with Gasteiger partial charge in [0.15, 0.2) is 0 Å². The van der Waals surface area contributed by atoms with Gasteiger partial charge >= 0.3 is 0 Å². The van der Waals surface area contributed by atoms with Gasteiger partial charge in [0.1, 0.15) is 0 Å². The third-order valence-corrected chi connectivity index (χ3v) is 3.41. The van der Waals surface area contributed by atoms with Crippen LogP contribution >= 0.6 is 0 Å². The van der Waals surface area contributed by atoms with Gasteiger partial charge in [0.05, 0.1) is 16.8 Å². The number of pyridine rings is 1. The van der Waals surface area contributed by atoms with E-state index in [4.69, 9.17) is 0 Å². The maximum Gasteiger partial charge on any atom is 0.272 e. The lowest BCUT2D eigenvalue weighted by molar-refractivity contribution is 0.0956. The molecule has 23 heavy (non-hydrogen) atoms. The first kappa shape index (κ1) is 14.9. The van der Waals surface area contributed by atoms with Gasteiger partial charge in [-0.25, -0.2) is 10.4 Å². The maximum absolute atomic E-state index is 12.5. The molecule has 4 nitrogen and oxygen atoms in total. The lowest BCUT2D eigenvalue weighted by atomic mass is 10.0. The second kappa shape index (κ2) is 6.40. The van der Waals surface area contributed by atoms with Crippen LogP contribution in [0, 0.1) is 0 Å². The minimum absolute atomic E-state index is 0.234. The van der Waals surface area contributed by atoms with Crippen molar-refractivity contribution in [1.82, 2.24) is 10.4 Å². The van der Waals surface area contributed by atoms with Gasteiger partial charge in [-0.1, -0.05) is 48.5 Å². The third-order valence-electron chi connectivity index (χ3n) is 3.41. The molecule has 3 rings (SSSR count). The first-order valence-electron chi connectivity index (χ1n) is 7.41. The molecule has 3 aromatic rings. The quantitative estimate of drug-likeness (QED) is 0.586. The number of benzene rings is 2. The SMILES string of the molecule is CC(C)=NNC(=O)c1cc(-c2ccccc2)nc2ccccc12. The summed E-state index contributed by atoms with van der Waals surface area (Å²) in [5, 5.41) is 4.82. The van der Waals surface area contributed by atoms with Crippen LogP contribution in [0.1, 0.15) is 24.2 Å². The van der Waals surface area contributed by atoms with Gasteiger partial charge < -0.3 is 0 Å². The van der Waals surface area contributed by atoms with Crippen LogP contribution in [0.2, 0.25) is 0 Å². The Labute approximate surface area is 134 Å². The average Bonchev–Trinajstić information content (AvgIpc) is 2.59. The predicted molar refractivity (Wildman–Crippen MR) is 93.4 cm³/mol. The Morgan fingerprint density at radius 3 is 2.43 bits per heavy atom. The van der Waals surface area contributed by atoms with E-state index in [0.717, 1.165) is 27.9 Å². The largest absolute Gasteiger partial charge is 0.272 e. The molecule has 2 aromatic carbocycles. The minimum atomic E-state index is -0.234. The van der Waals surface area contributed by atoms with Gasteiger partial charge in [-0.3, -0.25) is 4.79 Å². The molecule has 0 aliphatic rings. The summed E-state index contributed by atoms with van der Waals surface area (Å²) in [7, 11) is 0. The van der Waals surface area contributed by atoms with E-state index in [9.17, 15) is 4.79 Å². The first-order valence-corrected chi connectivity index (χ1v) is 7.41. The summed E-state index contributed by atoms with van der Waals surface area (Å²) in [6.45, 7) is 3.67. The van der Waals surface area contributed by atoms with E-state index in [1.165, 1.54) is 0 Å². The number of fused-ring (bicyclic) bond motifs is 1. The number of aromatic nitrogens is 1. The molecule has 0 radical (unpaired) electrons. The smallest absolute Gasteiger partial charge is 0.267 e. The van der Waals surface area contributed by atoms with Gasteiger partial charge in [-0.05, 0) is 26.0 Å². The van der Waals surface area contributed by atoms with Crippen molar-refractivity contribution >= 4 is 22.5 Å². The predicted octanol–water partition coefficient (Wildman–Crippen LogP) is 4.03. The number of rotatable bonds is 3. The van der Waals surface area contributed by atoms with E-state index >= 15 is 0 Å². The van der Waals surface area contributed by atoms with Crippen LogP contribution < -0.4 is 5.43 Å². The van der Waals surface area contributed by atoms with E-state index < -0.39 is 0 Å². The molecule has 1 aromatic heterocycles. The van der Waals surface area contributed by atoms with Gasteiger partial charge in [-0.15, -0.1) is 0 Å². The van der Waals surface area contributed by atoms with Crippen molar-refractivity contribution in [1.29, 1.82) is 0 Å². The Kier molecular flexibility index (Phi) is 4.15. The summed E-state index contributed by atoms with van der Waals surface area (Å²) in [6.07, 6.45) is 0. The summed E-state index contributed by atoms with van der Waals surface area (Å²) in [4.78, 5) is 17.2. The molecule has 1 heterocycles. The van der Waals surface area contributed by atoms with Gasteiger partial charge in [0.25, 0.3) is 5.91 Å². The Bertz CT molecular complexity index is 882. The van der Waals surface area contributed by atoms with Crippen LogP contribution in [0.15, 0.2) is 65.8 Å². The van der Waals surface area contributed by atoms with Crippen LogP contribution in [0.25, 0.3) is 22.2 Å². The molecule has 114 valence electrons. The highest BCUT2D eigenvalue weighted by molar-refractivity contribution is 6.07. The number of nitrogens with zero attached hydrogens (tertiary/aromatic N) is 2. The third kappa shape index (κ3) is 3.26. The zero-order valence-corrected chi connectivity index (χ0v) is 13.1. The van der Waals surface area contributed by atoms with Gasteiger partial charge in [0.2, 0.25) is 0 Å². The number of carbonyl (C=O) groups excluding carboxylic acids is 1. The summed E-state index contributed by atoms with van der Waals surface area (Å²) in [5.41, 5.74) is 6.48. The normalized spacial score (nSPS) is 10.3. The molecule has 0 unspecified atom stereocenters. The molecule has 0 aliphatic carbocycles. The molecule has 0 bridgehead atoms. The summed E-state index contributed by atoms with van der Waals surface area (Å²) < 4.78 is 0. The van der Waals surface area contributed by atoms with E-state index in [1.54, 1.807) is 0 Å². The first-order chi connectivity index (χ1) is 11.1. The number of carbonyl (C=O) groups is 1. The van der Waals surface area contributed by atoms with Gasteiger partial charge in [-0.2, -0.15) is 5.10 Å². The highest BCUT2D eigenvalue weighted by Gasteiger charge is 2.13. The van der Waals surface area contributed by atoms with Crippen LogP contribution in [0.5, 0.6) is 0 Å². The fourth-order valence-electron chi connectivity index (χ4n) is 2.34. The van der Waals surface area contributed by atoms with Crippen LogP contribution in [-0.2, 0) is 0 Å². The zero-order chi connectivity index (χ0) is 16.2. The number of hydrogen-bond acceptors (Lipinski definition) is 3. The lowest BCUT2D eigenvalue weighted by Gasteiger charge is -2.09. The minimum Gasteiger partial charge on any atom is -0.267 e. The standard InChI is InChI=1S/C19H17N3O/c1-13(2)21-22-19(23)16-12-18(14-8-4-3-5-9-14)20-17-11-7-6-10-15(16)17/h3-12H,1-2H3,(H,22,23). The van der Waals surface area contributed by atoms with Crippen molar-refractivity contribution in [2.24, 2.45) is 5.10 Å². The zero-order valence-electron chi connectivity index (χ0n) is 13.1. The molecule has 0 aliphatic heterocycles. The number of amides is 1. The van der Waals surface area contributed by atoms with Crippen molar-refractivity contribution < 1.29 is 4.79 Å². The fraction of sp³-hybridized carbons (Fsp3) is 0.105. The Balaban J connectivity index is 2.15. The number of hydrogen-bond donors (Lipinski definition) is 1. The van der Waals surface area contributed by atoms with Crippen LogP contribution in [0.4, 0.5) is 0 Å². The maximum atomic E-state index is 12.5. The van der Waals surface area contributed by atoms with Crippen LogP contribution in [0.3, 0.4) is 0 Å². The number of hydrazone groups is 1. The van der Waals surface area contributed by atoms with Crippen molar-refractivity contribution in [3.63, 3.8) is 0 Å². The monoisotopic (exact) mass is 303 g/mol. The van der Waals surface area contributed by atoms with E-state index in [1.807, 2.05) is 74.5 Å². The summed E-state index contributed by atoms with van der Waals surface area (Å²) >= 11 is 0. The average molecular weight is 303 g/mol. The van der Waals surface area contributed by atoms with Crippen molar-refractivity contribution in [2.45, 2.75) is 13.8 Å². The second-order valence-corrected chi connectivity index (χ2v) is 5.44. The molecule has 0 atom stereocenters. The molecular weight excluding hydrogens is 286 g/mol. The molecule has 0 spiro atoms. The molecule has 0 saturated heterocycles. The second-order valence-electron chi connectivity index (χ2n) is 5.44. The van der Waals surface area contributed by atoms with E-state index in [0.29, 0.717) is 5.56 Å². The summed E-state index contributed by atoms with van der Waals surface area (Å²) in [5.74, 6) is -0.234. The molecular formula is C19H17N3O. The number of nitrogens with one attached hydrogen (secondary N) is 1. The fourth-order valence-corrected chi connectivity index (χ4v) is 2.34. The van der Waals surface area contributed by atoms with Crippen LogP contribution in [-0.4, -0.2) is 16.6 Å². The Morgan fingerprint density at radius 2 is 1.70 bits per heavy atom. The molecule has 0 saturated carbocycles. The molecule has 0 fully saturated rings. The molecule has 4 heteroatoms.